The van der Waals surface area contributed by atoms with Crippen LogP contribution in [0.15, 0.2) is 18.2 Å². The Bertz CT molecular complexity index is 439. The number of nitrogens with zero attached hydrogens (tertiary/aromatic N) is 1. The maximum Gasteiger partial charge on any atom is 0.412 e. The molecule has 1 aromatic carbocycles. The zero-order valence-corrected chi connectivity index (χ0v) is 10.00. The van der Waals surface area contributed by atoms with Gasteiger partial charge in [0.1, 0.15) is 5.60 Å². The number of amides is 1. The van der Waals surface area contributed by atoms with Crippen LogP contribution in [0.5, 0.6) is 0 Å². The summed E-state index contributed by atoms with van der Waals surface area (Å²) in [6, 6.07) is 5.92. The average Bonchev–Trinajstić information content (AvgIpc) is 2.15. The van der Waals surface area contributed by atoms with Crippen LogP contribution in [0, 0.1) is 0 Å². The first-order valence-electron chi connectivity index (χ1n) is 5.22. The van der Waals surface area contributed by atoms with Crippen LogP contribution >= 0.6 is 0 Å². The highest BCUT2D eigenvalue weighted by molar-refractivity contribution is 5.89. The topological polar surface area (TPSA) is 41.6 Å². The molecule has 1 amide bonds. The Hall–Kier alpha value is -1.71. The van der Waals surface area contributed by atoms with Crippen LogP contribution in [0.25, 0.3) is 0 Å². The van der Waals surface area contributed by atoms with Gasteiger partial charge in [-0.15, -0.1) is 0 Å². The van der Waals surface area contributed by atoms with Crippen LogP contribution in [0.2, 0.25) is 0 Å². The summed E-state index contributed by atoms with van der Waals surface area (Å²) in [5.41, 5.74) is 2.33. The van der Waals surface area contributed by atoms with Gasteiger partial charge in [-0.2, -0.15) is 0 Å². The van der Waals surface area contributed by atoms with Gasteiger partial charge in [0.2, 0.25) is 0 Å². The summed E-state index contributed by atoms with van der Waals surface area (Å²) in [6.45, 7) is 3.79. The first-order valence-corrected chi connectivity index (χ1v) is 5.22. The van der Waals surface area contributed by atoms with E-state index in [9.17, 15) is 4.79 Å². The van der Waals surface area contributed by atoms with Gasteiger partial charge in [0.05, 0.1) is 5.69 Å². The maximum absolute atomic E-state index is 11.3. The van der Waals surface area contributed by atoms with E-state index in [1.54, 1.807) is 0 Å². The van der Waals surface area contributed by atoms with Gasteiger partial charge in [-0.1, -0.05) is 0 Å². The zero-order chi connectivity index (χ0) is 11.9. The van der Waals surface area contributed by atoms with Gasteiger partial charge in [0.25, 0.3) is 0 Å². The molecule has 4 nitrogen and oxygen atoms in total. The lowest BCUT2D eigenvalue weighted by Crippen LogP contribution is -2.34. The number of hydrogen-bond donors (Lipinski definition) is 1. The van der Waals surface area contributed by atoms with E-state index in [2.05, 4.69) is 5.32 Å². The minimum atomic E-state index is -0.580. The van der Waals surface area contributed by atoms with Crippen molar-refractivity contribution in [2.75, 3.05) is 24.3 Å². The van der Waals surface area contributed by atoms with Gasteiger partial charge in [0.15, 0.2) is 0 Å². The van der Waals surface area contributed by atoms with Crippen LogP contribution in [-0.2, 0) is 10.3 Å². The molecule has 1 aliphatic heterocycles. The Morgan fingerprint density at radius 1 is 1.31 bits per heavy atom. The highest BCUT2D eigenvalue weighted by Gasteiger charge is 2.33. The smallest absolute Gasteiger partial charge is 0.412 e. The van der Waals surface area contributed by atoms with E-state index >= 15 is 0 Å². The molecule has 1 aromatic rings. The summed E-state index contributed by atoms with van der Waals surface area (Å²) in [6.07, 6.45) is -0.393. The number of anilines is 2. The Balaban J connectivity index is 2.52. The molecule has 16 heavy (non-hydrogen) atoms. The van der Waals surface area contributed by atoms with Crippen LogP contribution in [0.1, 0.15) is 19.4 Å². The summed E-state index contributed by atoms with van der Waals surface area (Å²) in [5.74, 6) is 0. The lowest BCUT2D eigenvalue weighted by Gasteiger charge is -2.33. The molecule has 0 fully saturated rings. The van der Waals surface area contributed by atoms with Gasteiger partial charge in [-0.25, -0.2) is 4.79 Å². The Morgan fingerprint density at radius 3 is 2.62 bits per heavy atom. The molecule has 0 unspecified atom stereocenters. The minimum Gasteiger partial charge on any atom is -0.438 e. The molecule has 1 N–H and O–H groups in total. The van der Waals surface area contributed by atoms with E-state index in [0.717, 1.165) is 16.9 Å². The van der Waals surface area contributed by atoms with Gasteiger partial charge in [-0.05, 0) is 32.0 Å². The second-order valence-corrected chi connectivity index (χ2v) is 4.65. The molecule has 2 rings (SSSR count). The quantitative estimate of drug-likeness (QED) is 0.790. The lowest BCUT2D eigenvalue weighted by molar-refractivity contribution is 0.0421. The van der Waals surface area contributed by atoms with Crippen molar-refractivity contribution < 1.29 is 9.53 Å². The average molecular weight is 220 g/mol. The van der Waals surface area contributed by atoms with Crippen LogP contribution in [-0.4, -0.2) is 20.2 Å². The molecule has 0 spiro atoms. The van der Waals surface area contributed by atoms with Crippen LogP contribution < -0.4 is 10.2 Å². The number of carbonyl (C=O) groups excluding carboxylic acids is 1. The third kappa shape index (κ3) is 1.71. The molecule has 0 saturated heterocycles. The summed E-state index contributed by atoms with van der Waals surface area (Å²) in [5, 5.41) is 2.70. The molecular weight excluding hydrogens is 204 g/mol. The molecule has 0 aromatic heterocycles. The normalized spacial score (nSPS) is 17.1. The van der Waals surface area contributed by atoms with Crippen LogP contribution in [0.3, 0.4) is 0 Å². The van der Waals surface area contributed by atoms with Gasteiger partial charge < -0.3 is 9.64 Å². The number of rotatable bonds is 1. The summed E-state index contributed by atoms with van der Waals surface area (Å²) in [7, 11) is 3.97. The van der Waals surface area contributed by atoms with Crippen LogP contribution in [0.4, 0.5) is 16.2 Å². The molecule has 86 valence electrons. The molecular formula is C12H16N2O2. The SMILES string of the molecule is CN(C)c1ccc2c(c1)C(C)(C)OC(=O)N2. The van der Waals surface area contributed by atoms with Crippen molar-refractivity contribution >= 4 is 17.5 Å². The van der Waals surface area contributed by atoms with Crippen molar-refractivity contribution in [3.63, 3.8) is 0 Å². The molecule has 0 bridgehead atoms. The number of cyclic esters (lactones) is 1. The number of benzene rings is 1. The fourth-order valence-corrected chi connectivity index (χ4v) is 1.84. The predicted octanol–water partition coefficient (Wildman–Crippen LogP) is 2.55. The first-order chi connectivity index (χ1) is 7.40. The summed E-state index contributed by atoms with van der Waals surface area (Å²) < 4.78 is 5.27. The van der Waals surface area contributed by atoms with Crippen molar-refractivity contribution in [2.24, 2.45) is 0 Å². The van der Waals surface area contributed by atoms with E-state index in [4.69, 9.17) is 4.74 Å². The number of carbonyl (C=O) groups is 1. The van der Waals surface area contributed by atoms with Crippen molar-refractivity contribution in [1.82, 2.24) is 0 Å². The molecule has 1 aliphatic rings. The highest BCUT2D eigenvalue weighted by Crippen LogP contribution is 2.37. The van der Waals surface area contributed by atoms with Crippen molar-refractivity contribution in [1.29, 1.82) is 0 Å². The zero-order valence-electron chi connectivity index (χ0n) is 10.00. The Morgan fingerprint density at radius 2 is 2.00 bits per heavy atom. The number of nitrogens with one attached hydrogen (secondary N) is 1. The fourth-order valence-electron chi connectivity index (χ4n) is 1.84. The monoisotopic (exact) mass is 220 g/mol. The maximum atomic E-state index is 11.3. The first kappa shape index (κ1) is 10.8. The number of hydrogen-bond acceptors (Lipinski definition) is 3. The third-order valence-electron chi connectivity index (χ3n) is 2.75. The third-order valence-corrected chi connectivity index (χ3v) is 2.75. The second-order valence-electron chi connectivity index (χ2n) is 4.65. The second kappa shape index (κ2) is 3.40. The minimum absolute atomic E-state index is 0.393. The van der Waals surface area contributed by atoms with E-state index in [1.165, 1.54) is 0 Å². The van der Waals surface area contributed by atoms with E-state index in [1.807, 2.05) is 51.0 Å². The number of ether oxygens (including phenoxy) is 1. The molecule has 0 radical (unpaired) electrons. The van der Waals surface area contributed by atoms with Crippen molar-refractivity contribution in [3.05, 3.63) is 23.8 Å². The van der Waals surface area contributed by atoms with E-state index < -0.39 is 11.7 Å². The highest BCUT2D eigenvalue weighted by atomic mass is 16.6. The molecule has 4 heteroatoms. The Kier molecular flexibility index (Phi) is 2.30. The van der Waals surface area contributed by atoms with Crippen molar-refractivity contribution in [3.8, 4) is 0 Å². The number of fused-ring (bicyclic) bond motifs is 1. The standard InChI is InChI=1S/C12H16N2O2/c1-12(2)9-7-8(14(3)4)5-6-10(9)13-11(15)16-12/h5-7H,1-4H3,(H,13,15). The predicted molar refractivity (Wildman–Crippen MR) is 63.9 cm³/mol. The van der Waals surface area contributed by atoms with Gasteiger partial charge in [-0.3, -0.25) is 5.32 Å². The van der Waals surface area contributed by atoms with Gasteiger partial charge >= 0.3 is 6.09 Å². The fraction of sp³-hybridized carbons (Fsp3) is 0.417. The van der Waals surface area contributed by atoms with Gasteiger partial charge in [0, 0.05) is 25.3 Å². The summed E-state index contributed by atoms with van der Waals surface area (Å²) in [4.78, 5) is 13.3. The molecule has 0 aliphatic carbocycles. The molecule has 0 atom stereocenters. The van der Waals surface area contributed by atoms with E-state index in [0.29, 0.717) is 0 Å². The summed E-state index contributed by atoms with van der Waals surface area (Å²) >= 11 is 0. The van der Waals surface area contributed by atoms with E-state index in [-0.39, 0.29) is 0 Å². The van der Waals surface area contributed by atoms with Crippen molar-refractivity contribution in [2.45, 2.75) is 19.4 Å². The molecule has 0 saturated carbocycles. The largest absolute Gasteiger partial charge is 0.438 e. The molecule has 1 heterocycles. The lowest BCUT2D eigenvalue weighted by atomic mass is 9.94. The Labute approximate surface area is 95.2 Å².